The number of hydrogen-bond donors (Lipinski definition) is 3. The molecule has 4 rings (SSSR count). The standard InChI is InChI=1S/C24H27Cl2N3O3/c1-24(2,32)20-11-21-16(12-29(28-21)19-5-3-14(13-30)4-6-19)9-22(20)27-23(31)15-7-17(25)10-18(26)8-15/h7-12,14,19,30,32H,3-6,13H2,1-2H3,(H,27,31). The molecule has 1 aromatic heterocycles. The summed E-state index contributed by atoms with van der Waals surface area (Å²) in [6.07, 6.45) is 5.89. The van der Waals surface area contributed by atoms with Gasteiger partial charge in [-0.15, -0.1) is 0 Å². The molecule has 3 aromatic rings. The number of aliphatic hydroxyl groups excluding tert-OH is 1. The summed E-state index contributed by atoms with van der Waals surface area (Å²) in [5.74, 6) is 0.00814. The van der Waals surface area contributed by atoms with Gasteiger partial charge in [-0.25, -0.2) is 0 Å². The highest BCUT2D eigenvalue weighted by atomic mass is 35.5. The van der Waals surface area contributed by atoms with Crippen molar-refractivity contribution in [3.63, 3.8) is 0 Å². The van der Waals surface area contributed by atoms with Crippen LogP contribution in [0.3, 0.4) is 0 Å². The van der Waals surface area contributed by atoms with Crippen LogP contribution in [-0.4, -0.2) is 32.5 Å². The number of rotatable bonds is 5. The highest BCUT2D eigenvalue weighted by Gasteiger charge is 2.26. The SMILES string of the molecule is CC(C)(O)c1cc2nn(C3CCC(CO)CC3)cc2cc1NC(=O)c1cc(Cl)cc(Cl)c1. The van der Waals surface area contributed by atoms with Gasteiger partial charge in [-0.2, -0.15) is 5.10 Å². The van der Waals surface area contributed by atoms with Crippen LogP contribution in [0.15, 0.2) is 36.5 Å². The Balaban J connectivity index is 1.67. The summed E-state index contributed by atoms with van der Waals surface area (Å²) in [6, 6.07) is 8.61. The van der Waals surface area contributed by atoms with E-state index in [2.05, 4.69) is 5.32 Å². The molecule has 1 aliphatic rings. The largest absolute Gasteiger partial charge is 0.396 e. The van der Waals surface area contributed by atoms with Gasteiger partial charge in [-0.05, 0) is 75.8 Å². The van der Waals surface area contributed by atoms with Crippen molar-refractivity contribution >= 4 is 45.7 Å². The maximum absolute atomic E-state index is 12.9. The Bertz CT molecular complexity index is 1130. The lowest BCUT2D eigenvalue weighted by molar-refractivity contribution is 0.0794. The zero-order valence-electron chi connectivity index (χ0n) is 18.1. The Hall–Kier alpha value is -2.12. The average molecular weight is 476 g/mol. The van der Waals surface area contributed by atoms with Gasteiger partial charge < -0.3 is 15.5 Å². The van der Waals surface area contributed by atoms with Crippen molar-refractivity contribution in [2.45, 2.75) is 51.2 Å². The number of carbonyl (C=O) groups excluding carboxylic acids is 1. The van der Waals surface area contributed by atoms with Crippen LogP contribution < -0.4 is 5.32 Å². The number of aliphatic hydroxyl groups is 2. The van der Waals surface area contributed by atoms with E-state index in [0.29, 0.717) is 32.8 Å². The lowest BCUT2D eigenvalue weighted by Crippen LogP contribution is -2.21. The van der Waals surface area contributed by atoms with Gasteiger partial charge >= 0.3 is 0 Å². The highest BCUT2D eigenvalue weighted by Crippen LogP contribution is 2.35. The second-order valence-corrected chi connectivity index (χ2v) is 9.97. The molecule has 3 N–H and O–H groups in total. The molecule has 170 valence electrons. The van der Waals surface area contributed by atoms with Crippen LogP contribution in [0, 0.1) is 5.92 Å². The van der Waals surface area contributed by atoms with E-state index >= 15 is 0 Å². The number of carbonyl (C=O) groups is 1. The van der Waals surface area contributed by atoms with Crippen molar-refractivity contribution in [2.75, 3.05) is 11.9 Å². The van der Waals surface area contributed by atoms with Crippen LogP contribution in [-0.2, 0) is 5.60 Å². The lowest BCUT2D eigenvalue weighted by atomic mass is 9.87. The van der Waals surface area contributed by atoms with E-state index < -0.39 is 5.60 Å². The third kappa shape index (κ3) is 4.94. The molecule has 0 bridgehead atoms. The van der Waals surface area contributed by atoms with Gasteiger partial charge in [0.1, 0.15) is 0 Å². The summed E-state index contributed by atoms with van der Waals surface area (Å²) >= 11 is 12.1. The first-order valence-electron chi connectivity index (χ1n) is 10.8. The Labute approximate surface area is 197 Å². The normalized spacial score (nSPS) is 19.3. The molecule has 0 aliphatic heterocycles. The number of hydrogen-bond acceptors (Lipinski definition) is 4. The molecular weight excluding hydrogens is 449 g/mol. The fourth-order valence-electron chi connectivity index (χ4n) is 4.36. The number of benzene rings is 2. The van der Waals surface area contributed by atoms with Gasteiger partial charge in [0.05, 0.1) is 17.2 Å². The highest BCUT2D eigenvalue weighted by molar-refractivity contribution is 6.35. The van der Waals surface area contributed by atoms with Gasteiger partial charge in [0.25, 0.3) is 5.91 Å². The summed E-state index contributed by atoms with van der Waals surface area (Å²) in [5.41, 5.74) is 0.984. The van der Waals surface area contributed by atoms with Crippen LogP contribution in [0.2, 0.25) is 10.0 Å². The number of anilines is 1. The van der Waals surface area contributed by atoms with Crippen molar-refractivity contribution in [3.8, 4) is 0 Å². The minimum absolute atomic E-state index is 0.240. The minimum atomic E-state index is -1.19. The van der Waals surface area contributed by atoms with Gasteiger partial charge in [0.2, 0.25) is 0 Å². The second kappa shape index (κ2) is 9.02. The molecule has 6 nitrogen and oxygen atoms in total. The van der Waals surface area contributed by atoms with E-state index in [9.17, 15) is 15.0 Å². The molecule has 0 spiro atoms. The van der Waals surface area contributed by atoms with Crippen LogP contribution in [0.25, 0.3) is 10.9 Å². The van der Waals surface area contributed by atoms with Crippen LogP contribution in [0.1, 0.15) is 61.5 Å². The fraction of sp³-hybridized carbons (Fsp3) is 0.417. The smallest absolute Gasteiger partial charge is 0.255 e. The molecule has 8 heteroatoms. The van der Waals surface area contributed by atoms with Gasteiger partial charge in [-0.1, -0.05) is 23.2 Å². The van der Waals surface area contributed by atoms with E-state index in [4.69, 9.17) is 28.3 Å². The number of amides is 1. The van der Waals surface area contributed by atoms with Crippen LogP contribution in [0.5, 0.6) is 0 Å². The summed E-state index contributed by atoms with van der Waals surface area (Å²) in [6.45, 7) is 3.59. The fourth-order valence-corrected chi connectivity index (χ4v) is 4.88. The van der Waals surface area contributed by atoms with Crippen LogP contribution in [0.4, 0.5) is 5.69 Å². The molecule has 0 saturated heterocycles. The minimum Gasteiger partial charge on any atom is -0.396 e. The van der Waals surface area contributed by atoms with Crippen LogP contribution >= 0.6 is 23.2 Å². The average Bonchev–Trinajstić information content (AvgIpc) is 3.15. The van der Waals surface area contributed by atoms with E-state index in [1.165, 1.54) is 0 Å². The zero-order chi connectivity index (χ0) is 23.0. The molecule has 1 aliphatic carbocycles. The third-order valence-corrected chi connectivity index (χ3v) is 6.58. The number of fused-ring (bicyclic) bond motifs is 1. The monoisotopic (exact) mass is 475 g/mol. The summed E-state index contributed by atoms with van der Waals surface area (Å²) in [5, 5.41) is 29.4. The predicted octanol–water partition coefficient (Wildman–Crippen LogP) is 5.55. The van der Waals surface area contributed by atoms with E-state index in [1.54, 1.807) is 32.0 Å². The predicted molar refractivity (Wildman–Crippen MR) is 127 cm³/mol. The molecule has 1 heterocycles. The van der Waals surface area contributed by atoms with Crippen molar-refractivity contribution < 1.29 is 15.0 Å². The Morgan fingerprint density at radius 3 is 2.38 bits per heavy atom. The van der Waals surface area contributed by atoms with Gasteiger partial charge in [0.15, 0.2) is 0 Å². The third-order valence-electron chi connectivity index (χ3n) is 6.14. The topological polar surface area (TPSA) is 87.4 Å². The number of nitrogens with zero attached hydrogens (tertiary/aromatic N) is 2. The van der Waals surface area contributed by atoms with E-state index in [-0.39, 0.29) is 18.6 Å². The Morgan fingerprint density at radius 1 is 1.12 bits per heavy atom. The summed E-state index contributed by atoms with van der Waals surface area (Å²) < 4.78 is 1.98. The van der Waals surface area contributed by atoms with Gasteiger partial charge in [0, 0.05) is 45.0 Å². The molecule has 1 fully saturated rings. The van der Waals surface area contributed by atoms with E-state index in [1.807, 2.05) is 23.0 Å². The molecule has 0 unspecified atom stereocenters. The maximum atomic E-state index is 12.9. The van der Waals surface area contributed by atoms with Crippen molar-refractivity contribution in [1.82, 2.24) is 9.78 Å². The second-order valence-electron chi connectivity index (χ2n) is 9.09. The molecule has 0 radical (unpaired) electrons. The van der Waals surface area contributed by atoms with Gasteiger partial charge in [-0.3, -0.25) is 9.48 Å². The number of aromatic nitrogens is 2. The first kappa shape index (κ1) is 23.1. The first-order chi connectivity index (χ1) is 15.1. The Kier molecular flexibility index (Phi) is 6.50. The molecule has 0 atom stereocenters. The zero-order valence-corrected chi connectivity index (χ0v) is 19.6. The molecule has 32 heavy (non-hydrogen) atoms. The lowest BCUT2D eigenvalue weighted by Gasteiger charge is -2.27. The molecule has 1 amide bonds. The summed E-state index contributed by atoms with van der Waals surface area (Å²) in [7, 11) is 0. The maximum Gasteiger partial charge on any atom is 0.255 e. The van der Waals surface area contributed by atoms with Crippen molar-refractivity contribution in [2.24, 2.45) is 5.92 Å². The Morgan fingerprint density at radius 2 is 1.78 bits per heavy atom. The van der Waals surface area contributed by atoms with E-state index in [0.717, 1.165) is 36.6 Å². The van der Waals surface area contributed by atoms with Crippen molar-refractivity contribution in [3.05, 3.63) is 57.7 Å². The number of halogens is 2. The summed E-state index contributed by atoms with van der Waals surface area (Å²) in [4.78, 5) is 12.9. The molecule has 2 aromatic carbocycles. The first-order valence-corrected chi connectivity index (χ1v) is 11.5. The number of nitrogens with one attached hydrogen (secondary N) is 1. The molecule has 1 saturated carbocycles. The molecular formula is C24H27Cl2N3O3. The van der Waals surface area contributed by atoms with Crippen molar-refractivity contribution in [1.29, 1.82) is 0 Å². The quantitative estimate of drug-likeness (QED) is 0.451.